The van der Waals surface area contributed by atoms with Gasteiger partial charge >= 0.3 is 0 Å². The van der Waals surface area contributed by atoms with Crippen molar-refractivity contribution in [3.63, 3.8) is 0 Å². The Hall–Kier alpha value is -1.80. The summed E-state index contributed by atoms with van der Waals surface area (Å²) in [6, 6.07) is 10.8. The number of nitrogens with zero attached hydrogens (tertiary/aromatic N) is 1. The lowest BCUT2D eigenvalue weighted by Gasteiger charge is -2.12. The minimum Gasteiger partial charge on any atom is -0.376 e. The van der Waals surface area contributed by atoms with E-state index < -0.39 is 10.0 Å². The molecule has 0 heterocycles. The zero-order chi connectivity index (χ0) is 18.6. The van der Waals surface area contributed by atoms with E-state index in [2.05, 4.69) is 10.6 Å². The first-order chi connectivity index (χ1) is 11.7. The monoisotopic (exact) mass is 401 g/mol. The molecule has 0 saturated heterocycles. The van der Waals surface area contributed by atoms with E-state index >= 15 is 0 Å². The first-order valence-electron chi connectivity index (χ1n) is 7.21. The van der Waals surface area contributed by atoms with Crippen LogP contribution < -0.4 is 10.6 Å². The fourth-order valence-corrected chi connectivity index (χ4v) is 3.39. The Balaban J connectivity index is 1.97. The molecular formula is C16H17Cl2N3O3S. The van der Waals surface area contributed by atoms with Crippen molar-refractivity contribution in [2.75, 3.05) is 31.3 Å². The van der Waals surface area contributed by atoms with Crippen molar-refractivity contribution in [3.8, 4) is 0 Å². The van der Waals surface area contributed by atoms with Gasteiger partial charge in [0.2, 0.25) is 15.9 Å². The van der Waals surface area contributed by atoms with Gasteiger partial charge in [-0.15, -0.1) is 0 Å². The number of carbonyl (C=O) groups excluding carboxylic acids is 1. The maximum atomic E-state index is 12.0. The van der Waals surface area contributed by atoms with Crippen LogP contribution in [0.2, 0.25) is 10.0 Å². The molecule has 0 bridgehead atoms. The van der Waals surface area contributed by atoms with Crippen LogP contribution in [0, 0.1) is 0 Å². The van der Waals surface area contributed by atoms with E-state index in [-0.39, 0.29) is 17.3 Å². The van der Waals surface area contributed by atoms with Crippen LogP contribution in [-0.2, 0) is 14.8 Å². The minimum absolute atomic E-state index is 0.00835. The topological polar surface area (TPSA) is 78.5 Å². The lowest BCUT2D eigenvalue weighted by Crippen LogP contribution is -2.23. The smallest absolute Gasteiger partial charge is 0.243 e. The molecule has 9 heteroatoms. The summed E-state index contributed by atoms with van der Waals surface area (Å²) in [6.07, 6.45) is 0. The van der Waals surface area contributed by atoms with Crippen LogP contribution in [0.1, 0.15) is 0 Å². The molecule has 0 fully saturated rings. The minimum atomic E-state index is -3.49. The molecule has 134 valence electrons. The summed E-state index contributed by atoms with van der Waals surface area (Å²) in [6.45, 7) is 0.00835. The Morgan fingerprint density at radius 2 is 1.56 bits per heavy atom. The Morgan fingerprint density at radius 1 is 1.00 bits per heavy atom. The third-order valence-electron chi connectivity index (χ3n) is 3.23. The molecule has 0 aliphatic heterocycles. The molecule has 0 atom stereocenters. The third-order valence-corrected chi connectivity index (χ3v) is 5.50. The summed E-state index contributed by atoms with van der Waals surface area (Å²) in [5, 5.41) is 6.52. The molecule has 2 N–H and O–H groups in total. The molecule has 0 spiro atoms. The Bertz CT molecular complexity index is 848. The average molecular weight is 402 g/mol. The van der Waals surface area contributed by atoms with Gasteiger partial charge in [0.25, 0.3) is 0 Å². The molecule has 0 aromatic heterocycles. The Labute approximate surface area is 156 Å². The number of rotatable bonds is 6. The number of benzene rings is 2. The molecule has 0 aliphatic carbocycles. The first-order valence-corrected chi connectivity index (χ1v) is 9.40. The molecule has 2 aromatic rings. The molecule has 0 unspecified atom stereocenters. The van der Waals surface area contributed by atoms with Gasteiger partial charge in [-0.05, 0) is 42.5 Å². The van der Waals surface area contributed by atoms with Crippen molar-refractivity contribution in [1.29, 1.82) is 0 Å². The highest BCUT2D eigenvalue weighted by Gasteiger charge is 2.16. The number of anilines is 2. The fraction of sp³-hybridized carbons (Fsp3) is 0.188. The van der Waals surface area contributed by atoms with Crippen molar-refractivity contribution in [2.24, 2.45) is 0 Å². The summed E-state index contributed by atoms with van der Waals surface area (Å²) in [4.78, 5) is 12.1. The van der Waals surface area contributed by atoms with Crippen LogP contribution in [0.4, 0.5) is 11.4 Å². The zero-order valence-electron chi connectivity index (χ0n) is 13.6. The maximum Gasteiger partial charge on any atom is 0.243 e. The number of halogens is 2. The van der Waals surface area contributed by atoms with Gasteiger partial charge in [-0.25, -0.2) is 12.7 Å². The van der Waals surface area contributed by atoms with Gasteiger partial charge in [0.05, 0.1) is 11.4 Å². The number of sulfonamides is 1. The van der Waals surface area contributed by atoms with Crippen molar-refractivity contribution in [2.45, 2.75) is 4.90 Å². The van der Waals surface area contributed by atoms with Crippen molar-refractivity contribution in [1.82, 2.24) is 4.31 Å². The molecule has 2 rings (SSSR count). The highest BCUT2D eigenvalue weighted by atomic mass is 35.5. The van der Waals surface area contributed by atoms with Crippen LogP contribution in [0.25, 0.3) is 0 Å². The molecule has 25 heavy (non-hydrogen) atoms. The van der Waals surface area contributed by atoms with Gasteiger partial charge in [-0.3, -0.25) is 4.79 Å². The van der Waals surface area contributed by atoms with E-state index in [0.29, 0.717) is 21.4 Å². The SMILES string of the molecule is CN(C)S(=O)(=O)c1ccc(NC(=O)CNc2cc(Cl)cc(Cl)c2)cc1. The summed E-state index contributed by atoms with van der Waals surface area (Å²) in [5.41, 5.74) is 1.12. The van der Waals surface area contributed by atoms with Crippen molar-refractivity contribution >= 4 is 50.5 Å². The van der Waals surface area contributed by atoms with E-state index in [1.54, 1.807) is 18.2 Å². The predicted molar refractivity (Wildman–Crippen MR) is 101 cm³/mol. The third kappa shape index (κ3) is 5.34. The summed E-state index contributed by atoms with van der Waals surface area (Å²) in [5.74, 6) is -0.292. The maximum absolute atomic E-state index is 12.0. The Morgan fingerprint density at radius 3 is 2.08 bits per heavy atom. The van der Waals surface area contributed by atoms with E-state index in [4.69, 9.17) is 23.2 Å². The second kappa shape index (κ2) is 8.05. The van der Waals surface area contributed by atoms with E-state index in [1.807, 2.05) is 0 Å². The number of amides is 1. The zero-order valence-corrected chi connectivity index (χ0v) is 15.9. The molecule has 0 radical (unpaired) electrons. The van der Waals surface area contributed by atoms with E-state index in [9.17, 15) is 13.2 Å². The standard InChI is InChI=1S/C16H17Cl2N3O3S/c1-21(2)25(23,24)15-5-3-13(4-6-15)20-16(22)10-19-14-8-11(17)7-12(18)9-14/h3-9,19H,10H2,1-2H3,(H,20,22). The molecule has 6 nitrogen and oxygen atoms in total. The fourth-order valence-electron chi connectivity index (χ4n) is 1.96. The number of carbonyl (C=O) groups is 1. The Kier molecular flexibility index (Phi) is 6.29. The molecule has 2 aromatic carbocycles. The second-order valence-electron chi connectivity index (χ2n) is 5.37. The summed E-state index contributed by atoms with van der Waals surface area (Å²) < 4.78 is 25.1. The first kappa shape index (κ1) is 19.5. The van der Waals surface area contributed by atoms with Crippen LogP contribution >= 0.6 is 23.2 Å². The van der Waals surface area contributed by atoms with Gasteiger partial charge in [-0.1, -0.05) is 23.2 Å². The number of nitrogens with one attached hydrogen (secondary N) is 2. The predicted octanol–water partition coefficient (Wildman–Crippen LogP) is 3.29. The summed E-state index contributed by atoms with van der Waals surface area (Å²) in [7, 11) is -0.579. The van der Waals surface area contributed by atoms with Gasteiger partial charge in [0.15, 0.2) is 0 Å². The molecule has 0 aliphatic rings. The highest BCUT2D eigenvalue weighted by molar-refractivity contribution is 7.89. The van der Waals surface area contributed by atoms with E-state index in [1.165, 1.54) is 38.4 Å². The van der Waals surface area contributed by atoms with Gasteiger partial charge in [0, 0.05) is 35.5 Å². The lowest BCUT2D eigenvalue weighted by atomic mass is 10.3. The number of hydrogen-bond donors (Lipinski definition) is 2. The van der Waals surface area contributed by atoms with Gasteiger partial charge < -0.3 is 10.6 Å². The second-order valence-corrected chi connectivity index (χ2v) is 8.40. The molecule has 1 amide bonds. The van der Waals surface area contributed by atoms with E-state index in [0.717, 1.165) is 4.31 Å². The highest BCUT2D eigenvalue weighted by Crippen LogP contribution is 2.22. The van der Waals surface area contributed by atoms with Gasteiger partial charge in [0.1, 0.15) is 0 Å². The van der Waals surface area contributed by atoms with Crippen molar-refractivity contribution < 1.29 is 13.2 Å². The van der Waals surface area contributed by atoms with Crippen LogP contribution in [0.3, 0.4) is 0 Å². The molecular weight excluding hydrogens is 385 g/mol. The quantitative estimate of drug-likeness (QED) is 0.777. The molecule has 0 saturated carbocycles. The number of hydrogen-bond acceptors (Lipinski definition) is 4. The normalized spacial score (nSPS) is 11.4. The average Bonchev–Trinajstić information content (AvgIpc) is 2.52. The summed E-state index contributed by atoms with van der Waals surface area (Å²) >= 11 is 11.8. The van der Waals surface area contributed by atoms with Gasteiger partial charge in [-0.2, -0.15) is 0 Å². The largest absolute Gasteiger partial charge is 0.376 e. The lowest BCUT2D eigenvalue weighted by molar-refractivity contribution is -0.114. The van der Waals surface area contributed by atoms with Crippen LogP contribution in [0.5, 0.6) is 0 Å². The van der Waals surface area contributed by atoms with Crippen LogP contribution in [0.15, 0.2) is 47.4 Å². The van der Waals surface area contributed by atoms with Crippen LogP contribution in [-0.4, -0.2) is 39.3 Å². The van der Waals surface area contributed by atoms with Crippen molar-refractivity contribution in [3.05, 3.63) is 52.5 Å².